The SMILES string of the molecule is CCc1ccc(C(O)CSc2nnc(CC3CCS(=O)(=O)C3)n2C)cc1. The van der Waals surface area contributed by atoms with Crippen molar-refractivity contribution in [3.05, 3.63) is 41.2 Å². The molecule has 3 rings (SSSR count). The molecule has 0 aliphatic carbocycles. The first-order chi connectivity index (χ1) is 12.4. The lowest BCUT2D eigenvalue weighted by Crippen LogP contribution is -2.11. The van der Waals surface area contributed by atoms with E-state index >= 15 is 0 Å². The Balaban J connectivity index is 1.57. The predicted octanol–water partition coefficient (Wildman–Crippen LogP) is 2.18. The van der Waals surface area contributed by atoms with E-state index in [1.807, 2.05) is 35.9 Å². The van der Waals surface area contributed by atoms with Crippen LogP contribution in [0.1, 0.15) is 36.4 Å². The molecule has 1 aliphatic heterocycles. The standard InChI is InChI=1S/C18H25N3O3S2/c1-3-13-4-6-15(7-5-13)16(22)11-25-18-20-19-17(21(18)2)10-14-8-9-26(23,24)12-14/h4-7,14,16,22H,3,8-12H2,1-2H3. The lowest BCUT2D eigenvalue weighted by atomic mass is 10.1. The second kappa shape index (κ2) is 8.10. The number of aromatic nitrogens is 3. The average Bonchev–Trinajstić information content (AvgIpc) is 3.15. The van der Waals surface area contributed by atoms with Crippen molar-refractivity contribution in [3.63, 3.8) is 0 Å². The number of aliphatic hydroxyl groups is 1. The highest BCUT2D eigenvalue weighted by Crippen LogP contribution is 2.26. The number of thioether (sulfide) groups is 1. The van der Waals surface area contributed by atoms with Crippen molar-refractivity contribution in [2.45, 2.75) is 37.4 Å². The highest BCUT2D eigenvalue weighted by Gasteiger charge is 2.29. The van der Waals surface area contributed by atoms with Gasteiger partial charge in [-0.25, -0.2) is 8.42 Å². The molecule has 1 saturated heterocycles. The summed E-state index contributed by atoms with van der Waals surface area (Å²) in [6.07, 6.45) is 1.75. The van der Waals surface area contributed by atoms with Crippen LogP contribution in [0, 0.1) is 5.92 Å². The first kappa shape index (κ1) is 19.4. The molecule has 1 N–H and O–H groups in total. The first-order valence-corrected chi connectivity index (χ1v) is 11.7. The number of rotatable bonds is 7. The van der Waals surface area contributed by atoms with Crippen LogP contribution < -0.4 is 0 Å². The Morgan fingerprint density at radius 1 is 1.31 bits per heavy atom. The third kappa shape index (κ3) is 4.66. The molecule has 0 spiro atoms. The monoisotopic (exact) mass is 395 g/mol. The van der Waals surface area contributed by atoms with E-state index in [0.29, 0.717) is 18.6 Å². The smallest absolute Gasteiger partial charge is 0.191 e. The molecular weight excluding hydrogens is 370 g/mol. The van der Waals surface area contributed by atoms with E-state index in [9.17, 15) is 13.5 Å². The van der Waals surface area contributed by atoms with Gasteiger partial charge in [0.15, 0.2) is 15.0 Å². The second-order valence-corrected chi connectivity index (χ2v) is 10.1. The summed E-state index contributed by atoms with van der Waals surface area (Å²) in [4.78, 5) is 0. The van der Waals surface area contributed by atoms with E-state index in [1.165, 1.54) is 17.3 Å². The van der Waals surface area contributed by atoms with Gasteiger partial charge in [-0.2, -0.15) is 0 Å². The van der Waals surface area contributed by atoms with Crippen molar-refractivity contribution >= 4 is 21.6 Å². The van der Waals surface area contributed by atoms with Crippen LogP contribution in [-0.2, 0) is 29.7 Å². The van der Waals surface area contributed by atoms with Gasteiger partial charge >= 0.3 is 0 Å². The van der Waals surface area contributed by atoms with Crippen LogP contribution in [0.5, 0.6) is 0 Å². The molecule has 2 aromatic rings. The molecule has 1 aromatic heterocycles. The van der Waals surface area contributed by atoms with Crippen LogP contribution in [0.25, 0.3) is 0 Å². The highest BCUT2D eigenvalue weighted by molar-refractivity contribution is 7.99. The zero-order valence-corrected chi connectivity index (χ0v) is 16.8. The minimum absolute atomic E-state index is 0.128. The quantitative estimate of drug-likeness (QED) is 0.724. The molecule has 6 nitrogen and oxygen atoms in total. The predicted molar refractivity (Wildman–Crippen MR) is 103 cm³/mol. The lowest BCUT2D eigenvalue weighted by Gasteiger charge is -2.11. The Bertz CT molecular complexity index is 847. The molecule has 0 bridgehead atoms. The minimum atomic E-state index is -2.87. The van der Waals surface area contributed by atoms with E-state index in [0.717, 1.165) is 23.0 Å². The van der Waals surface area contributed by atoms with E-state index in [-0.39, 0.29) is 17.4 Å². The molecule has 1 aliphatic rings. The summed E-state index contributed by atoms with van der Waals surface area (Å²) in [7, 11) is -0.982. The Morgan fingerprint density at radius 2 is 2.04 bits per heavy atom. The fourth-order valence-electron chi connectivity index (χ4n) is 3.16. The van der Waals surface area contributed by atoms with Crippen molar-refractivity contribution in [2.75, 3.05) is 17.3 Å². The molecule has 0 radical (unpaired) electrons. The van der Waals surface area contributed by atoms with Crippen LogP contribution in [0.4, 0.5) is 0 Å². The molecule has 2 heterocycles. The lowest BCUT2D eigenvalue weighted by molar-refractivity contribution is 0.204. The molecule has 8 heteroatoms. The molecule has 0 saturated carbocycles. The summed E-state index contributed by atoms with van der Waals surface area (Å²) in [5, 5.41) is 19.5. The van der Waals surface area contributed by atoms with Gasteiger partial charge in [-0.3, -0.25) is 0 Å². The van der Waals surface area contributed by atoms with E-state index in [4.69, 9.17) is 0 Å². The molecule has 142 valence electrons. The summed E-state index contributed by atoms with van der Waals surface area (Å²) >= 11 is 1.46. The number of aliphatic hydroxyl groups excluding tert-OH is 1. The largest absolute Gasteiger partial charge is 0.388 e. The van der Waals surface area contributed by atoms with E-state index < -0.39 is 15.9 Å². The normalized spacial score (nSPS) is 20.3. The van der Waals surface area contributed by atoms with Gasteiger partial charge in [0.1, 0.15) is 5.82 Å². The topological polar surface area (TPSA) is 85.1 Å². The molecule has 2 atom stereocenters. The van der Waals surface area contributed by atoms with Crippen molar-refractivity contribution < 1.29 is 13.5 Å². The fourth-order valence-corrected chi connectivity index (χ4v) is 5.92. The van der Waals surface area contributed by atoms with Crippen molar-refractivity contribution in [1.82, 2.24) is 14.8 Å². The minimum Gasteiger partial charge on any atom is -0.388 e. The van der Waals surface area contributed by atoms with Crippen LogP contribution in [-0.4, -0.2) is 45.5 Å². The van der Waals surface area contributed by atoms with Gasteiger partial charge in [-0.05, 0) is 29.9 Å². The second-order valence-electron chi connectivity index (χ2n) is 6.85. The number of hydrogen-bond acceptors (Lipinski definition) is 6. The first-order valence-electron chi connectivity index (χ1n) is 8.86. The molecule has 26 heavy (non-hydrogen) atoms. The summed E-state index contributed by atoms with van der Waals surface area (Å²) in [5.41, 5.74) is 2.15. The summed E-state index contributed by atoms with van der Waals surface area (Å²) < 4.78 is 25.1. The third-order valence-electron chi connectivity index (χ3n) is 4.87. The van der Waals surface area contributed by atoms with Crippen molar-refractivity contribution in [1.29, 1.82) is 0 Å². The summed E-state index contributed by atoms with van der Waals surface area (Å²) in [5.74, 6) is 1.95. The molecule has 1 fully saturated rings. The highest BCUT2D eigenvalue weighted by atomic mass is 32.2. The fraction of sp³-hybridized carbons (Fsp3) is 0.556. The maximum atomic E-state index is 11.6. The number of benzene rings is 1. The third-order valence-corrected chi connectivity index (χ3v) is 7.80. The van der Waals surface area contributed by atoms with Crippen LogP contribution in [0.3, 0.4) is 0 Å². The number of nitrogens with zero attached hydrogens (tertiary/aromatic N) is 3. The number of sulfone groups is 1. The van der Waals surface area contributed by atoms with Crippen LogP contribution in [0.15, 0.2) is 29.4 Å². The van der Waals surface area contributed by atoms with Crippen molar-refractivity contribution in [3.8, 4) is 0 Å². The van der Waals surface area contributed by atoms with Gasteiger partial charge in [0, 0.05) is 19.2 Å². The van der Waals surface area contributed by atoms with Crippen LogP contribution in [0.2, 0.25) is 0 Å². The molecule has 1 aromatic carbocycles. The van der Waals surface area contributed by atoms with Gasteiger partial charge in [0.05, 0.1) is 17.6 Å². The summed E-state index contributed by atoms with van der Waals surface area (Å²) in [6, 6.07) is 8.01. The van der Waals surface area contributed by atoms with E-state index in [2.05, 4.69) is 17.1 Å². The van der Waals surface area contributed by atoms with Crippen LogP contribution >= 0.6 is 11.8 Å². The molecule has 0 amide bonds. The van der Waals surface area contributed by atoms with Gasteiger partial charge in [0.2, 0.25) is 0 Å². The number of aryl methyl sites for hydroxylation is 1. The maximum Gasteiger partial charge on any atom is 0.191 e. The maximum absolute atomic E-state index is 11.6. The average molecular weight is 396 g/mol. The zero-order chi connectivity index (χ0) is 18.7. The Labute approximate surface area is 159 Å². The van der Waals surface area contributed by atoms with Gasteiger partial charge in [-0.15, -0.1) is 10.2 Å². The van der Waals surface area contributed by atoms with Gasteiger partial charge < -0.3 is 9.67 Å². The molecular formula is C18H25N3O3S2. The van der Waals surface area contributed by atoms with Gasteiger partial charge in [-0.1, -0.05) is 43.0 Å². The zero-order valence-electron chi connectivity index (χ0n) is 15.1. The Kier molecular flexibility index (Phi) is 6.04. The Morgan fingerprint density at radius 3 is 2.65 bits per heavy atom. The Hall–Kier alpha value is -1.38. The number of hydrogen-bond donors (Lipinski definition) is 1. The van der Waals surface area contributed by atoms with Crippen molar-refractivity contribution in [2.24, 2.45) is 13.0 Å². The van der Waals surface area contributed by atoms with Gasteiger partial charge in [0.25, 0.3) is 0 Å². The summed E-state index contributed by atoms with van der Waals surface area (Å²) in [6.45, 7) is 2.11. The van der Waals surface area contributed by atoms with E-state index in [1.54, 1.807) is 0 Å². The molecule has 2 unspecified atom stereocenters.